The smallest absolute Gasteiger partial charge is 0.275 e. The topological polar surface area (TPSA) is 61.6 Å². The van der Waals surface area contributed by atoms with Crippen LogP contribution in [0.2, 0.25) is 0 Å². The Morgan fingerprint density at radius 2 is 1.81 bits per heavy atom. The quantitative estimate of drug-likeness (QED) is 0.598. The van der Waals surface area contributed by atoms with Gasteiger partial charge < -0.3 is 9.47 Å². The van der Waals surface area contributed by atoms with Crippen molar-refractivity contribution in [2.45, 2.75) is 0 Å². The number of rotatable bonds is 4. The maximum atomic E-state index is 13.7. The predicted octanol–water partition coefficient (Wildman–Crippen LogP) is 4.44. The molecule has 0 N–H and O–H groups in total. The van der Waals surface area contributed by atoms with Crippen LogP contribution < -0.4 is 9.47 Å². The van der Waals surface area contributed by atoms with Gasteiger partial charge in [-0.25, -0.2) is 8.78 Å². The van der Waals surface area contributed by atoms with E-state index < -0.39 is 28.0 Å². The number of non-ortho nitro benzene ring substituents is 1. The van der Waals surface area contributed by atoms with Gasteiger partial charge in [-0.15, -0.1) is 0 Å². The minimum absolute atomic E-state index is 0.141. The zero-order valence-electron chi connectivity index (χ0n) is 10.6. The van der Waals surface area contributed by atoms with E-state index in [2.05, 4.69) is 15.9 Å². The molecular weight excluding hydrogens is 352 g/mol. The fourth-order valence-corrected chi connectivity index (χ4v) is 1.99. The van der Waals surface area contributed by atoms with Crippen LogP contribution in [0, 0.1) is 21.7 Å². The number of hydrogen-bond acceptors (Lipinski definition) is 4. The van der Waals surface area contributed by atoms with Crippen LogP contribution in [0.3, 0.4) is 0 Å². The number of halogens is 3. The lowest BCUT2D eigenvalue weighted by Gasteiger charge is -2.10. The summed E-state index contributed by atoms with van der Waals surface area (Å²) in [7, 11) is 1.47. The maximum Gasteiger partial charge on any atom is 0.275 e. The van der Waals surface area contributed by atoms with Crippen molar-refractivity contribution in [1.29, 1.82) is 0 Å². The Hall–Kier alpha value is -2.22. The van der Waals surface area contributed by atoms with Gasteiger partial charge in [0.05, 0.1) is 28.6 Å². The van der Waals surface area contributed by atoms with Gasteiger partial charge in [-0.3, -0.25) is 10.1 Å². The summed E-state index contributed by atoms with van der Waals surface area (Å²) in [4.78, 5) is 9.62. The minimum atomic E-state index is -1.16. The second-order valence-corrected chi connectivity index (χ2v) is 4.75. The Labute approximate surface area is 126 Å². The van der Waals surface area contributed by atoms with Crippen molar-refractivity contribution < 1.29 is 23.2 Å². The highest BCUT2D eigenvalue weighted by Crippen LogP contribution is 2.36. The number of methoxy groups -OCH3 is 1. The average molecular weight is 360 g/mol. The summed E-state index contributed by atoms with van der Waals surface area (Å²) in [6.07, 6.45) is 0. The molecule has 0 spiro atoms. The molecule has 0 atom stereocenters. The van der Waals surface area contributed by atoms with Crippen LogP contribution in [-0.2, 0) is 0 Å². The summed E-state index contributed by atoms with van der Waals surface area (Å²) in [6.45, 7) is 0. The van der Waals surface area contributed by atoms with Gasteiger partial charge >= 0.3 is 0 Å². The molecule has 0 unspecified atom stereocenters. The molecule has 21 heavy (non-hydrogen) atoms. The van der Waals surface area contributed by atoms with E-state index in [1.165, 1.54) is 13.2 Å². The molecule has 0 aliphatic heterocycles. The molecule has 2 aromatic carbocycles. The highest BCUT2D eigenvalue weighted by molar-refractivity contribution is 9.10. The maximum absolute atomic E-state index is 13.7. The van der Waals surface area contributed by atoms with Crippen LogP contribution in [0.1, 0.15) is 0 Å². The van der Waals surface area contributed by atoms with Crippen LogP contribution in [0.25, 0.3) is 0 Å². The van der Waals surface area contributed by atoms with Crippen molar-refractivity contribution in [2.75, 3.05) is 7.11 Å². The fourth-order valence-electron chi connectivity index (χ4n) is 1.55. The van der Waals surface area contributed by atoms with Gasteiger partial charge in [-0.1, -0.05) is 0 Å². The monoisotopic (exact) mass is 359 g/mol. The van der Waals surface area contributed by atoms with E-state index >= 15 is 0 Å². The number of nitrogens with zero attached hydrogens (tertiary/aromatic N) is 1. The second kappa shape index (κ2) is 6.04. The molecule has 110 valence electrons. The predicted molar refractivity (Wildman–Crippen MR) is 73.8 cm³/mol. The zero-order valence-corrected chi connectivity index (χ0v) is 12.2. The molecule has 0 saturated carbocycles. The molecule has 0 saturated heterocycles. The highest BCUT2D eigenvalue weighted by atomic mass is 79.9. The third-order valence-electron chi connectivity index (χ3n) is 2.54. The first kappa shape index (κ1) is 15.2. The second-order valence-electron chi connectivity index (χ2n) is 3.89. The molecule has 0 aliphatic rings. The Morgan fingerprint density at radius 3 is 2.29 bits per heavy atom. The minimum Gasteiger partial charge on any atom is -0.497 e. The summed E-state index contributed by atoms with van der Waals surface area (Å²) in [5.41, 5.74) is -0.689. The molecule has 0 amide bonds. The Kier molecular flexibility index (Phi) is 4.37. The number of nitro benzene ring substituents is 1. The Balaban J connectivity index is 2.38. The molecule has 0 aromatic heterocycles. The molecule has 0 bridgehead atoms. The highest BCUT2D eigenvalue weighted by Gasteiger charge is 2.19. The van der Waals surface area contributed by atoms with E-state index in [1.54, 1.807) is 12.1 Å². The normalized spacial score (nSPS) is 10.3. The third kappa shape index (κ3) is 3.27. The van der Waals surface area contributed by atoms with E-state index in [9.17, 15) is 18.9 Å². The summed E-state index contributed by atoms with van der Waals surface area (Å²) in [5, 5.41) is 10.5. The summed E-state index contributed by atoms with van der Waals surface area (Å²) >= 11 is 3.17. The molecule has 8 heteroatoms. The molecule has 2 aromatic rings. The van der Waals surface area contributed by atoms with Crippen molar-refractivity contribution in [3.8, 4) is 17.2 Å². The van der Waals surface area contributed by atoms with Gasteiger partial charge in [0.1, 0.15) is 11.5 Å². The first-order chi connectivity index (χ1) is 9.92. The van der Waals surface area contributed by atoms with Gasteiger partial charge in [-0.05, 0) is 34.1 Å². The van der Waals surface area contributed by atoms with Crippen molar-refractivity contribution in [3.63, 3.8) is 0 Å². The summed E-state index contributed by atoms with van der Waals surface area (Å²) < 4.78 is 38.0. The van der Waals surface area contributed by atoms with Gasteiger partial charge in [0, 0.05) is 0 Å². The number of nitro groups is 1. The molecule has 5 nitrogen and oxygen atoms in total. The van der Waals surface area contributed by atoms with Crippen LogP contribution in [0.5, 0.6) is 17.2 Å². The lowest BCUT2D eigenvalue weighted by Crippen LogP contribution is -1.97. The molecule has 0 aliphatic carbocycles. The molecular formula is C13H8BrF2NO4. The first-order valence-electron chi connectivity index (χ1n) is 5.57. The Morgan fingerprint density at radius 1 is 1.19 bits per heavy atom. The SMILES string of the molecule is COc1ccc(Oc2c(F)cc([N+](=O)[O-])cc2F)c(Br)c1. The van der Waals surface area contributed by atoms with Crippen LogP contribution in [0.15, 0.2) is 34.8 Å². The van der Waals surface area contributed by atoms with Crippen LogP contribution >= 0.6 is 15.9 Å². The van der Waals surface area contributed by atoms with Crippen molar-refractivity contribution in [1.82, 2.24) is 0 Å². The largest absolute Gasteiger partial charge is 0.497 e. The number of hydrogen-bond donors (Lipinski definition) is 0. The molecule has 2 rings (SSSR count). The van der Waals surface area contributed by atoms with Gasteiger partial charge in [0.25, 0.3) is 5.69 Å². The number of ether oxygens (including phenoxy) is 2. The van der Waals surface area contributed by atoms with Crippen molar-refractivity contribution in [2.24, 2.45) is 0 Å². The average Bonchev–Trinajstić information content (AvgIpc) is 2.43. The summed E-state index contributed by atoms with van der Waals surface area (Å²) in [5.74, 6) is -2.37. The van der Waals surface area contributed by atoms with E-state index in [0.717, 1.165) is 0 Å². The first-order valence-corrected chi connectivity index (χ1v) is 6.36. The lowest BCUT2D eigenvalue weighted by atomic mass is 10.2. The van der Waals surface area contributed by atoms with Gasteiger partial charge in [0.15, 0.2) is 17.4 Å². The molecule has 0 heterocycles. The lowest BCUT2D eigenvalue weighted by molar-refractivity contribution is -0.385. The van der Waals surface area contributed by atoms with Crippen LogP contribution in [-0.4, -0.2) is 12.0 Å². The van der Waals surface area contributed by atoms with Crippen LogP contribution in [0.4, 0.5) is 14.5 Å². The molecule has 0 radical (unpaired) electrons. The summed E-state index contributed by atoms with van der Waals surface area (Å²) in [6, 6.07) is 5.73. The van der Waals surface area contributed by atoms with Gasteiger partial charge in [0.2, 0.25) is 0 Å². The van der Waals surface area contributed by atoms with Crippen molar-refractivity contribution in [3.05, 3.63) is 56.6 Å². The zero-order chi connectivity index (χ0) is 15.6. The number of benzene rings is 2. The van der Waals surface area contributed by atoms with Gasteiger partial charge in [-0.2, -0.15) is 0 Å². The van der Waals surface area contributed by atoms with E-state index in [-0.39, 0.29) is 5.75 Å². The standard InChI is InChI=1S/C13H8BrF2NO4/c1-20-8-2-3-12(9(14)6-8)21-13-10(15)4-7(17(18)19)5-11(13)16/h2-6H,1H3. The fraction of sp³-hybridized carbons (Fsp3) is 0.0769. The molecule has 0 fully saturated rings. The third-order valence-corrected chi connectivity index (χ3v) is 3.16. The Bertz CT molecular complexity index is 686. The van der Waals surface area contributed by atoms with E-state index in [4.69, 9.17) is 9.47 Å². The van der Waals surface area contributed by atoms with E-state index in [1.807, 2.05) is 0 Å². The van der Waals surface area contributed by atoms with E-state index in [0.29, 0.717) is 22.4 Å². The van der Waals surface area contributed by atoms with Crippen molar-refractivity contribution >= 4 is 21.6 Å².